The molecular formula is C16H9N3Na2O10S2. The van der Waals surface area contributed by atoms with Gasteiger partial charge in [0.2, 0.25) is 0 Å². The van der Waals surface area contributed by atoms with Gasteiger partial charge < -0.3 is 19.3 Å². The van der Waals surface area contributed by atoms with Crippen LogP contribution in [0.5, 0.6) is 11.5 Å². The van der Waals surface area contributed by atoms with Gasteiger partial charge in [-0.05, 0) is 35.7 Å². The number of aromatic hydroxyl groups is 2. The van der Waals surface area contributed by atoms with Crippen molar-refractivity contribution < 1.29 is 100 Å². The van der Waals surface area contributed by atoms with Crippen LogP contribution in [0, 0.1) is 10.1 Å². The summed E-state index contributed by atoms with van der Waals surface area (Å²) in [6, 6.07) is 6.31. The van der Waals surface area contributed by atoms with E-state index in [0.717, 1.165) is 24.3 Å². The number of benzene rings is 3. The molecule has 0 aliphatic heterocycles. The molecule has 0 aliphatic rings. The Labute approximate surface area is 230 Å². The van der Waals surface area contributed by atoms with Gasteiger partial charge in [-0.2, -0.15) is 5.11 Å². The fourth-order valence-corrected chi connectivity index (χ4v) is 3.79. The number of nitro benzene ring substituents is 1. The molecule has 0 atom stereocenters. The van der Waals surface area contributed by atoms with Crippen LogP contribution in [-0.2, 0) is 20.2 Å². The van der Waals surface area contributed by atoms with Gasteiger partial charge in [-0.1, -0.05) is 0 Å². The maximum atomic E-state index is 11.7. The summed E-state index contributed by atoms with van der Waals surface area (Å²) in [6.45, 7) is 0. The van der Waals surface area contributed by atoms with Crippen LogP contribution < -0.4 is 59.1 Å². The first-order valence-corrected chi connectivity index (χ1v) is 10.7. The summed E-state index contributed by atoms with van der Waals surface area (Å²) in [7, 11) is -10.3. The maximum absolute atomic E-state index is 11.7. The fraction of sp³-hybridized carbons (Fsp3) is 0. The Balaban J connectivity index is 0.00000272. The van der Waals surface area contributed by atoms with Crippen molar-refractivity contribution in [2.75, 3.05) is 0 Å². The van der Waals surface area contributed by atoms with E-state index in [4.69, 9.17) is 0 Å². The zero-order chi connectivity index (χ0) is 23.1. The molecule has 3 aromatic carbocycles. The van der Waals surface area contributed by atoms with Gasteiger partial charge in [-0.15, -0.1) is 5.11 Å². The van der Waals surface area contributed by atoms with Gasteiger partial charge in [0.1, 0.15) is 31.7 Å². The first-order valence-electron chi connectivity index (χ1n) is 7.89. The number of azo groups is 1. The van der Waals surface area contributed by atoms with Gasteiger partial charge in [0.05, 0.1) is 25.8 Å². The van der Waals surface area contributed by atoms with E-state index >= 15 is 0 Å². The number of fused-ring (bicyclic) bond motifs is 1. The van der Waals surface area contributed by atoms with Crippen LogP contribution in [0.1, 0.15) is 0 Å². The van der Waals surface area contributed by atoms with Crippen molar-refractivity contribution in [1.82, 2.24) is 0 Å². The zero-order valence-electron chi connectivity index (χ0n) is 16.9. The summed E-state index contributed by atoms with van der Waals surface area (Å²) in [5, 5.41) is 37.4. The number of phenolic OH excluding ortho intramolecular Hbond substituents is 2. The van der Waals surface area contributed by atoms with E-state index in [0.29, 0.717) is 18.2 Å². The molecule has 0 unspecified atom stereocenters. The third-order valence-corrected chi connectivity index (χ3v) is 5.65. The molecule has 0 fully saturated rings. The molecule has 0 bridgehead atoms. The summed E-state index contributed by atoms with van der Waals surface area (Å²) in [5.74, 6) is -1.92. The Morgan fingerprint density at radius 1 is 0.848 bits per heavy atom. The van der Waals surface area contributed by atoms with Crippen LogP contribution in [0.3, 0.4) is 0 Å². The Morgan fingerprint density at radius 3 is 1.91 bits per heavy atom. The minimum atomic E-state index is -5.29. The maximum Gasteiger partial charge on any atom is 1.00 e. The normalized spacial score (nSPS) is 11.7. The first kappa shape index (κ1) is 29.4. The second kappa shape index (κ2) is 10.7. The zero-order valence-corrected chi connectivity index (χ0v) is 22.5. The molecule has 0 heterocycles. The molecule has 13 nitrogen and oxygen atoms in total. The molecule has 2 N–H and O–H groups in total. The van der Waals surface area contributed by atoms with Gasteiger partial charge in [0, 0.05) is 12.1 Å². The fourth-order valence-electron chi connectivity index (χ4n) is 2.62. The van der Waals surface area contributed by atoms with E-state index in [2.05, 4.69) is 10.2 Å². The smallest absolute Gasteiger partial charge is 0.744 e. The van der Waals surface area contributed by atoms with Crippen molar-refractivity contribution in [2.45, 2.75) is 9.79 Å². The number of hydrogen-bond donors (Lipinski definition) is 2. The Morgan fingerprint density at radius 2 is 1.42 bits per heavy atom. The quantitative estimate of drug-likeness (QED) is 0.112. The largest absolute Gasteiger partial charge is 1.00 e. The van der Waals surface area contributed by atoms with Crippen molar-refractivity contribution in [1.29, 1.82) is 0 Å². The summed E-state index contributed by atoms with van der Waals surface area (Å²) in [5.41, 5.74) is -1.13. The second-order valence-corrected chi connectivity index (χ2v) is 8.72. The number of nitrogens with zero attached hydrogens (tertiary/aromatic N) is 3. The number of phenols is 2. The van der Waals surface area contributed by atoms with Crippen LogP contribution in [0.25, 0.3) is 10.8 Å². The molecule has 3 aromatic rings. The average molecular weight is 513 g/mol. The molecule has 0 aromatic heterocycles. The summed E-state index contributed by atoms with van der Waals surface area (Å²) in [6.07, 6.45) is 0. The number of hydrogen-bond acceptors (Lipinski definition) is 12. The first-order chi connectivity index (χ1) is 14.3. The van der Waals surface area contributed by atoms with Crippen molar-refractivity contribution in [2.24, 2.45) is 10.2 Å². The summed E-state index contributed by atoms with van der Waals surface area (Å²) >= 11 is 0. The minimum Gasteiger partial charge on any atom is -0.744 e. The molecule has 0 aliphatic carbocycles. The van der Waals surface area contributed by atoms with Gasteiger partial charge in [-0.25, -0.2) is 16.8 Å². The van der Waals surface area contributed by atoms with Crippen molar-refractivity contribution in [3.63, 3.8) is 0 Å². The molecule has 0 saturated heterocycles. The topological polar surface area (TPSA) is 223 Å². The molecule has 17 heteroatoms. The van der Waals surface area contributed by atoms with Gasteiger partial charge in [0.25, 0.3) is 5.69 Å². The van der Waals surface area contributed by atoms with E-state index in [-0.39, 0.29) is 70.5 Å². The van der Waals surface area contributed by atoms with Crippen LogP contribution in [0.15, 0.2) is 62.5 Å². The molecule has 0 amide bonds. The molecule has 3 rings (SSSR count). The molecule has 33 heavy (non-hydrogen) atoms. The van der Waals surface area contributed by atoms with E-state index in [1.807, 2.05) is 0 Å². The van der Waals surface area contributed by atoms with Crippen molar-refractivity contribution in [3.8, 4) is 11.5 Å². The third-order valence-electron chi connectivity index (χ3n) is 3.99. The Bertz CT molecular complexity index is 1470. The monoisotopic (exact) mass is 513 g/mol. The van der Waals surface area contributed by atoms with E-state index in [1.54, 1.807) is 0 Å². The van der Waals surface area contributed by atoms with Crippen LogP contribution in [-0.4, -0.2) is 41.1 Å². The average Bonchev–Trinajstić information content (AvgIpc) is 2.65. The van der Waals surface area contributed by atoms with Gasteiger partial charge >= 0.3 is 59.1 Å². The molecule has 162 valence electrons. The Kier molecular flexibility index (Phi) is 9.55. The summed E-state index contributed by atoms with van der Waals surface area (Å²) in [4.78, 5) is 7.97. The van der Waals surface area contributed by atoms with E-state index in [1.165, 1.54) is 0 Å². The molecule has 0 spiro atoms. The molecule has 0 saturated carbocycles. The van der Waals surface area contributed by atoms with Crippen LogP contribution in [0.2, 0.25) is 0 Å². The number of non-ortho nitro benzene ring substituents is 1. The van der Waals surface area contributed by atoms with E-state index < -0.39 is 62.9 Å². The third kappa shape index (κ3) is 6.48. The number of rotatable bonds is 5. The molecule has 0 radical (unpaired) electrons. The number of nitro groups is 1. The van der Waals surface area contributed by atoms with Crippen molar-refractivity contribution >= 4 is 48.1 Å². The van der Waals surface area contributed by atoms with Crippen LogP contribution >= 0.6 is 0 Å². The van der Waals surface area contributed by atoms with Gasteiger partial charge in [0.15, 0.2) is 5.75 Å². The SMILES string of the molecule is O=[N+]([O-])c1ccc(/N=N/c2c(S(=O)(=O)[O-])cc3cc(S(=O)(=O)[O-])cc(O)c3c2O)cc1.[Na+].[Na+]. The second-order valence-electron chi connectivity index (χ2n) is 5.99. The summed E-state index contributed by atoms with van der Waals surface area (Å²) < 4.78 is 68.6. The van der Waals surface area contributed by atoms with Crippen molar-refractivity contribution in [3.05, 3.63) is 52.6 Å². The predicted molar refractivity (Wildman–Crippen MR) is 100 cm³/mol. The predicted octanol–water partition coefficient (Wildman–Crippen LogP) is -3.61. The van der Waals surface area contributed by atoms with Crippen LogP contribution in [0.4, 0.5) is 17.1 Å². The van der Waals surface area contributed by atoms with Gasteiger partial charge in [-0.3, -0.25) is 10.1 Å². The minimum absolute atomic E-state index is 0. The van der Waals surface area contributed by atoms with E-state index in [9.17, 15) is 46.3 Å². The standard InChI is InChI=1S/C16H11N3O10S2.2Na/c20-12-7-11(30(24,25)26)5-8-6-13(31(27,28)29)15(16(21)14(8)12)18-17-9-1-3-10(4-2-9)19(22)23;;/h1-7,20-21H,(H,24,25,26)(H,27,28,29);;/q;2*+1/p-2/b18-17+;;. The molecular weight excluding hydrogens is 504 g/mol. The Hall–Kier alpha value is -1.66.